The second kappa shape index (κ2) is 7.04. The van der Waals surface area contributed by atoms with Gasteiger partial charge >= 0.3 is 0 Å². The number of carbonyl (C=O) groups is 1. The molecule has 1 aromatic heterocycles. The van der Waals surface area contributed by atoms with E-state index in [9.17, 15) is 9.18 Å². The minimum Gasteiger partial charge on any atom is -0.346 e. The number of amides is 1. The highest BCUT2D eigenvalue weighted by Gasteiger charge is 2.12. The first-order chi connectivity index (χ1) is 11.7. The maximum atomic E-state index is 13.5. The van der Waals surface area contributed by atoms with Crippen molar-refractivity contribution in [3.8, 4) is 5.69 Å². The van der Waals surface area contributed by atoms with Crippen LogP contribution in [0.25, 0.3) is 5.69 Å². The van der Waals surface area contributed by atoms with Crippen LogP contribution in [0.3, 0.4) is 0 Å². The summed E-state index contributed by atoms with van der Waals surface area (Å²) < 4.78 is 15.1. The van der Waals surface area contributed by atoms with Crippen molar-refractivity contribution in [3.63, 3.8) is 0 Å². The predicted octanol–water partition coefficient (Wildman–Crippen LogP) is 2.90. The highest BCUT2D eigenvalue weighted by molar-refractivity contribution is 5.91. The van der Waals surface area contributed by atoms with E-state index in [2.05, 4.69) is 22.6 Å². The first kappa shape index (κ1) is 15.9. The van der Waals surface area contributed by atoms with Crippen LogP contribution in [0.5, 0.6) is 0 Å². The fraction of sp³-hybridized carbons (Fsp3) is 0.167. The van der Waals surface area contributed by atoms with Gasteiger partial charge in [-0.15, -0.1) is 5.10 Å². The Morgan fingerprint density at radius 2 is 1.92 bits per heavy atom. The Bertz CT molecular complexity index is 842. The van der Waals surface area contributed by atoms with Crippen molar-refractivity contribution in [1.82, 2.24) is 20.3 Å². The van der Waals surface area contributed by atoms with Gasteiger partial charge in [-0.25, -0.2) is 9.07 Å². The zero-order valence-electron chi connectivity index (χ0n) is 13.2. The molecule has 0 aliphatic heterocycles. The van der Waals surface area contributed by atoms with E-state index in [0.717, 1.165) is 12.1 Å². The number of halogens is 1. The molecular formula is C18H17FN4O. The molecule has 1 N–H and O–H groups in total. The standard InChI is InChI=1S/C18H17FN4O/c1-2-13-7-9-15(10-8-13)23-12-17(21-22-23)18(24)20-11-14-5-3-4-6-16(14)19/h3-10,12H,2,11H2,1H3,(H,20,24). The van der Waals surface area contributed by atoms with Crippen LogP contribution in [0.4, 0.5) is 4.39 Å². The van der Waals surface area contributed by atoms with Gasteiger partial charge in [0.1, 0.15) is 5.82 Å². The fourth-order valence-corrected chi connectivity index (χ4v) is 2.29. The molecule has 122 valence electrons. The van der Waals surface area contributed by atoms with Gasteiger partial charge in [0, 0.05) is 12.1 Å². The predicted molar refractivity (Wildman–Crippen MR) is 88.3 cm³/mol. The Labute approximate surface area is 139 Å². The molecule has 0 spiro atoms. The first-order valence-corrected chi connectivity index (χ1v) is 7.70. The van der Waals surface area contributed by atoms with Crippen LogP contribution in [0.2, 0.25) is 0 Å². The number of hydrogen-bond donors (Lipinski definition) is 1. The van der Waals surface area contributed by atoms with Crippen LogP contribution in [-0.4, -0.2) is 20.9 Å². The zero-order valence-corrected chi connectivity index (χ0v) is 13.2. The topological polar surface area (TPSA) is 59.8 Å². The molecule has 0 unspecified atom stereocenters. The maximum absolute atomic E-state index is 13.5. The van der Waals surface area contributed by atoms with Crippen molar-refractivity contribution in [2.45, 2.75) is 19.9 Å². The van der Waals surface area contributed by atoms with Crippen LogP contribution in [-0.2, 0) is 13.0 Å². The molecule has 0 saturated heterocycles. The number of nitrogens with one attached hydrogen (secondary N) is 1. The summed E-state index contributed by atoms with van der Waals surface area (Å²) >= 11 is 0. The van der Waals surface area contributed by atoms with Crippen molar-refractivity contribution < 1.29 is 9.18 Å². The Balaban J connectivity index is 1.68. The summed E-state index contributed by atoms with van der Waals surface area (Å²) in [6.07, 6.45) is 2.51. The number of hydrogen-bond acceptors (Lipinski definition) is 3. The third-order valence-corrected chi connectivity index (χ3v) is 3.73. The lowest BCUT2D eigenvalue weighted by atomic mass is 10.1. The molecule has 0 aliphatic carbocycles. The largest absolute Gasteiger partial charge is 0.346 e. The molecule has 24 heavy (non-hydrogen) atoms. The van der Waals surface area contributed by atoms with Gasteiger partial charge in [-0.3, -0.25) is 4.79 Å². The molecule has 3 aromatic rings. The molecule has 0 aliphatic rings. The minimum absolute atomic E-state index is 0.101. The summed E-state index contributed by atoms with van der Waals surface area (Å²) in [6.45, 7) is 2.19. The first-order valence-electron chi connectivity index (χ1n) is 7.70. The molecule has 0 bridgehead atoms. The Hall–Kier alpha value is -3.02. The van der Waals surface area contributed by atoms with Crippen molar-refractivity contribution in [1.29, 1.82) is 0 Å². The van der Waals surface area contributed by atoms with E-state index < -0.39 is 5.91 Å². The third kappa shape index (κ3) is 3.48. The van der Waals surface area contributed by atoms with Crippen LogP contribution in [0, 0.1) is 5.82 Å². The smallest absolute Gasteiger partial charge is 0.273 e. The summed E-state index contributed by atoms with van der Waals surface area (Å²) in [5.41, 5.74) is 2.66. The molecular weight excluding hydrogens is 307 g/mol. The van der Waals surface area contributed by atoms with Gasteiger partial charge in [-0.1, -0.05) is 42.5 Å². The highest BCUT2D eigenvalue weighted by atomic mass is 19.1. The van der Waals surface area contributed by atoms with Gasteiger partial charge < -0.3 is 5.32 Å². The summed E-state index contributed by atoms with van der Waals surface area (Å²) in [4.78, 5) is 12.1. The van der Waals surface area contributed by atoms with Crippen LogP contribution >= 0.6 is 0 Å². The van der Waals surface area contributed by atoms with Crippen molar-refractivity contribution in [2.75, 3.05) is 0 Å². The quantitative estimate of drug-likeness (QED) is 0.785. The average Bonchev–Trinajstić information content (AvgIpc) is 3.11. The Kier molecular flexibility index (Phi) is 4.65. The van der Waals surface area contributed by atoms with Crippen LogP contribution in [0.15, 0.2) is 54.7 Å². The van der Waals surface area contributed by atoms with Gasteiger partial charge in [-0.2, -0.15) is 0 Å². The molecule has 0 atom stereocenters. The molecule has 6 heteroatoms. The van der Waals surface area contributed by atoms with Gasteiger partial charge in [0.25, 0.3) is 5.91 Å². The lowest BCUT2D eigenvalue weighted by molar-refractivity contribution is 0.0945. The average molecular weight is 324 g/mol. The lowest BCUT2D eigenvalue weighted by Gasteiger charge is -2.04. The van der Waals surface area contributed by atoms with E-state index in [0.29, 0.717) is 5.56 Å². The Morgan fingerprint density at radius 3 is 2.62 bits per heavy atom. The summed E-state index contributed by atoms with van der Waals surface area (Å²) in [7, 11) is 0. The normalized spacial score (nSPS) is 10.6. The molecule has 1 heterocycles. The van der Waals surface area contributed by atoms with Crippen LogP contribution in [0.1, 0.15) is 28.5 Å². The van der Waals surface area contributed by atoms with Crippen molar-refractivity contribution in [2.24, 2.45) is 0 Å². The summed E-state index contributed by atoms with van der Waals surface area (Å²) in [5, 5.41) is 10.5. The highest BCUT2D eigenvalue weighted by Crippen LogP contribution is 2.10. The summed E-state index contributed by atoms with van der Waals surface area (Å²) in [6, 6.07) is 14.2. The molecule has 0 saturated carbocycles. The monoisotopic (exact) mass is 324 g/mol. The number of nitrogens with zero attached hydrogens (tertiary/aromatic N) is 3. The number of aryl methyl sites for hydroxylation is 1. The van der Waals surface area contributed by atoms with Crippen LogP contribution < -0.4 is 5.32 Å². The minimum atomic E-state index is -0.394. The number of carbonyl (C=O) groups excluding carboxylic acids is 1. The summed E-state index contributed by atoms with van der Waals surface area (Å²) in [5.74, 6) is -0.743. The second-order valence-corrected chi connectivity index (χ2v) is 5.34. The van der Waals surface area contributed by atoms with E-state index in [4.69, 9.17) is 0 Å². The van der Waals surface area contributed by atoms with Crippen molar-refractivity contribution in [3.05, 3.63) is 77.4 Å². The van der Waals surface area contributed by atoms with E-state index in [1.165, 1.54) is 16.3 Å². The van der Waals surface area contributed by atoms with E-state index >= 15 is 0 Å². The number of rotatable bonds is 5. The molecule has 5 nitrogen and oxygen atoms in total. The van der Waals surface area contributed by atoms with Gasteiger partial charge in [-0.05, 0) is 30.2 Å². The molecule has 0 fully saturated rings. The third-order valence-electron chi connectivity index (χ3n) is 3.73. The molecule has 2 aromatic carbocycles. The number of benzene rings is 2. The van der Waals surface area contributed by atoms with Crippen molar-refractivity contribution >= 4 is 5.91 Å². The Morgan fingerprint density at radius 1 is 1.17 bits per heavy atom. The second-order valence-electron chi connectivity index (χ2n) is 5.34. The van der Waals surface area contributed by atoms with E-state index in [1.807, 2.05) is 24.3 Å². The van der Waals surface area contributed by atoms with Gasteiger partial charge in [0.15, 0.2) is 5.69 Å². The molecule has 0 radical (unpaired) electrons. The molecule has 3 rings (SSSR count). The van der Waals surface area contributed by atoms with Gasteiger partial charge in [0.2, 0.25) is 0 Å². The maximum Gasteiger partial charge on any atom is 0.273 e. The van der Waals surface area contributed by atoms with E-state index in [1.54, 1.807) is 24.4 Å². The van der Waals surface area contributed by atoms with E-state index in [-0.39, 0.29) is 18.1 Å². The SMILES string of the molecule is CCc1ccc(-n2cc(C(=O)NCc3ccccc3F)nn2)cc1. The number of aromatic nitrogens is 3. The lowest BCUT2D eigenvalue weighted by Crippen LogP contribution is -2.23. The molecule has 1 amide bonds. The zero-order chi connectivity index (χ0) is 16.9. The fourth-order valence-electron chi connectivity index (χ4n) is 2.29. The van der Waals surface area contributed by atoms with Gasteiger partial charge in [0.05, 0.1) is 11.9 Å².